The van der Waals surface area contributed by atoms with Crippen molar-refractivity contribution in [2.75, 3.05) is 6.61 Å². The van der Waals surface area contributed by atoms with Crippen molar-refractivity contribution in [3.63, 3.8) is 0 Å². The predicted octanol–water partition coefficient (Wildman–Crippen LogP) is 4.05. The van der Waals surface area contributed by atoms with Crippen LogP contribution in [0.25, 0.3) is 6.20 Å². The first-order chi connectivity index (χ1) is 14.6. The Morgan fingerprint density at radius 2 is 1.84 bits per heavy atom. The van der Waals surface area contributed by atoms with Gasteiger partial charge in [-0.05, 0) is 81.6 Å². The molecule has 7 heteroatoms. The molecule has 0 aliphatic heterocycles. The van der Waals surface area contributed by atoms with Crippen molar-refractivity contribution in [3.8, 4) is 5.88 Å². The number of carbonyl (C=O) groups excluding carboxylic acids is 1. The highest BCUT2D eigenvalue weighted by atomic mass is 16.5. The van der Waals surface area contributed by atoms with Crippen LogP contribution in [0.3, 0.4) is 0 Å². The van der Waals surface area contributed by atoms with Gasteiger partial charge in [0.2, 0.25) is 5.88 Å². The molecule has 4 saturated carbocycles. The fraction of sp³-hybridized carbons (Fsp3) is 0.708. The largest absolute Gasteiger partial charge is 0.481 e. The zero-order valence-corrected chi connectivity index (χ0v) is 19.0. The number of ether oxygens (including phenoxy) is 1. The van der Waals surface area contributed by atoms with Crippen LogP contribution in [0.15, 0.2) is 12.3 Å². The van der Waals surface area contributed by atoms with Gasteiger partial charge < -0.3 is 15.2 Å². The molecule has 2 N–H and O–H groups in total. The number of carbonyl (C=O) groups is 2. The number of aliphatic carboxylic acids is 1. The molecule has 1 aromatic rings. The third-order valence-electron chi connectivity index (χ3n) is 7.26. The third-order valence-corrected chi connectivity index (χ3v) is 7.26. The summed E-state index contributed by atoms with van der Waals surface area (Å²) in [5, 5.41) is 17.0. The van der Waals surface area contributed by atoms with Crippen LogP contribution in [-0.2, 0) is 4.79 Å². The van der Waals surface area contributed by atoms with Gasteiger partial charge in [-0.3, -0.25) is 9.59 Å². The number of amides is 1. The van der Waals surface area contributed by atoms with Crippen LogP contribution >= 0.6 is 0 Å². The fourth-order valence-corrected chi connectivity index (χ4v) is 5.72. The second-order valence-electron chi connectivity index (χ2n) is 10.8. The molecule has 0 spiro atoms. The Morgan fingerprint density at radius 3 is 2.39 bits per heavy atom. The minimum absolute atomic E-state index is 0.145. The summed E-state index contributed by atoms with van der Waals surface area (Å²) in [6, 6.07) is 0.239. The molecule has 7 nitrogen and oxygen atoms in total. The number of hydrogen-bond acceptors (Lipinski definition) is 4. The summed E-state index contributed by atoms with van der Waals surface area (Å²) in [5.74, 6) is 2.46. The average molecular weight is 430 g/mol. The minimum atomic E-state index is -1.05. The van der Waals surface area contributed by atoms with Crippen molar-refractivity contribution in [1.29, 1.82) is 0 Å². The van der Waals surface area contributed by atoms with E-state index in [0.29, 0.717) is 29.9 Å². The molecule has 1 heterocycles. The maximum absolute atomic E-state index is 13.3. The highest BCUT2D eigenvalue weighted by molar-refractivity contribution is 5.96. The van der Waals surface area contributed by atoms with Crippen molar-refractivity contribution in [2.24, 2.45) is 35.0 Å². The normalized spacial score (nSPS) is 29.6. The number of nitrogens with one attached hydrogen (secondary N) is 1. The summed E-state index contributed by atoms with van der Waals surface area (Å²) >= 11 is 0. The minimum Gasteiger partial charge on any atom is -0.481 e. The predicted molar refractivity (Wildman–Crippen MR) is 118 cm³/mol. The van der Waals surface area contributed by atoms with Gasteiger partial charge in [0, 0.05) is 12.2 Å². The van der Waals surface area contributed by atoms with Crippen LogP contribution < -0.4 is 10.1 Å². The van der Waals surface area contributed by atoms with Gasteiger partial charge in [0.25, 0.3) is 5.91 Å². The van der Waals surface area contributed by atoms with E-state index in [0.717, 1.165) is 11.8 Å². The van der Waals surface area contributed by atoms with E-state index in [1.54, 1.807) is 26.1 Å². The SMILES string of the molecule is CC(C)COc1c(C(=O)NC2C3CC4CC(C3)CC2C4)cnn1/C=C/C(C)(C)C(=O)O. The van der Waals surface area contributed by atoms with Crippen molar-refractivity contribution < 1.29 is 19.4 Å². The molecule has 1 amide bonds. The smallest absolute Gasteiger partial charge is 0.312 e. The van der Waals surface area contributed by atoms with E-state index in [9.17, 15) is 14.7 Å². The maximum atomic E-state index is 13.3. The molecule has 0 aromatic carbocycles. The van der Waals surface area contributed by atoms with E-state index < -0.39 is 11.4 Å². The average Bonchev–Trinajstić information content (AvgIpc) is 3.09. The van der Waals surface area contributed by atoms with Gasteiger partial charge in [0.1, 0.15) is 5.56 Å². The molecule has 31 heavy (non-hydrogen) atoms. The van der Waals surface area contributed by atoms with E-state index in [1.807, 2.05) is 13.8 Å². The highest BCUT2D eigenvalue weighted by Gasteiger charge is 2.48. The molecule has 170 valence electrons. The van der Waals surface area contributed by atoms with E-state index in [4.69, 9.17) is 4.74 Å². The summed E-state index contributed by atoms with van der Waals surface area (Å²) in [6.07, 6.45) is 11.0. The van der Waals surface area contributed by atoms with Gasteiger partial charge in [-0.2, -0.15) is 5.10 Å². The van der Waals surface area contributed by atoms with Crippen LogP contribution in [-0.4, -0.2) is 39.4 Å². The maximum Gasteiger partial charge on any atom is 0.312 e. The second-order valence-corrected chi connectivity index (χ2v) is 10.8. The van der Waals surface area contributed by atoms with Gasteiger partial charge in [0.05, 0.1) is 18.2 Å². The molecule has 0 atom stereocenters. The molecule has 5 rings (SSSR count). The number of rotatable bonds is 8. The fourth-order valence-electron chi connectivity index (χ4n) is 5.72. The van der Waals surface area contributed by atoms with E-state index in [2.05, 4.69) is 10.4 Å². The Hall–Kier alpha value is -2.31. The van der Waals surface area contributed by atoms with Crippen LogP contribution in [0.5, 0.6) is 5.88 Å². The Kier molecular flexibility index (Phi) is 5.88. The zero-order valence-electron chi connectivity index (χ0n) is 19.0. The quantitative estimate of drug-likeness (QED) is 0.650. The van der Waals surface area contributed by atoms with E-state index in [-0.39, 0.29) is 17.9 Å². The Labute approximate surface area is 184 Å². The summed E-state index contributed by atoms with van der Waals surface area (Å²) < 4.78 is 7.44. The summed E-state index contributed by atoms with van der Waals surface area (Å²) in [5.41, 5.74) is -0.642. The van der Waals surface area contributed by atoms with Crippen LogP contribution in [0.4, 0.5) is 0 Å². The number of hydrogen-bond donors (Lipinski definition) is 2. The zero-order chi connectivity index (χ0) is 22.3. The molecule has 0 radical (unpaired) electrons. The third kappa shape index (κ3) is 4.51. The van der Waals surface area contributed by atoms with E-state index in [1.165, 1.54) is 43.0 Å². The topological polar surface area (TPSA) is 93.5 Å². The molecule has 1 aromatic heterocycles. The first-order valence-corrected chi connectivity index (χ1v) is 11.6. The second kappa shape index (κ2) is 8.32. The summed E-state index contributed by atoms with van der Waals surface area (Å²) in [6.45, 7) is 7.75. The molecule has 4 aliphatic rings. The van der Waals surface area contributed by atoms with Crippen molar-refractivity contribution >= 4 is 18.1 Å². The van der Waals surface area contributed by atoms with Gasteiger partial charge in [0.15, 0.2) is 0 Å². The monoisotopic (exact) mass is 429 g/mol. The van der Waals surface area contributed by atoms with Gasteiger partial charge in [-0.15, -0.1) is 0 Å². The lowest BCUT2D eigenvalue weighted by atomic mass is 9.54. The van der Waals surface area contributed by atoms with E-state index >= 15 is 0 Å². The Bertz CT molecular complexity index is 842. The lowest BCUT2D eigenvalue weighted by Gasteiger charge is -2.54. The number of carboxylic acids is 1. The molecule has 0 unspecified atom stereocenters. The molecule has 4 aliphatic carbocycles. The van der Waals surface area contributed by atoms with Crippen LogP contribution in [0.2, 0.25) is 0 Å². The van der Waals surface area contributed by atoms with Crippen LogP contribution in [0.1, 0.15) is 70.2 Å². The first-order valence-electron chi connectivity index (χ1n) is 11.6. The number of carboxylic acid groups (broad SMARTS) is 1. The lowest BCUT2D eigenvalue weighted by molar-refractivity contribution is -0.144. The molecule has 0 saturated heterocycles. The number of aromatic nitrogens is 2. The van der Waals surface area contributed by atoms with Gasteiger partial charge >= 0.3 is 5.97 Å². The lowest BCUT2D eigenvalue weighted by Crippen LogP contribution is -2.55. The molecule has 4 fully saturated rings. The Balaban J connectivity index is 1.54. The van der Waals surface area contributed by atoms with Gasteiger partial charge in [-0.1, -0.05) is 13.8 Å². The standard InChI is InChI=1S/C24H35N3O4/c1-14(2)13-31-22-19(12-25-27(22)6-5-24(3,4)23(29)30)21(28)26-20-17-8-15-7-16(10-17)11-18(20)9-15/h5-6,12,14-18,20H,7-11,13H2,1-4H3,(H,26,28)(H,29,30)/b6-5+. The van der Waals surface area contributed by atoms with Crippen molar-refractivity contribution in [2.45, 2.75) is 65.8 Å². The Morgan fingerprint density at radius 1 is 1.23 bits per heavy atom. The molecule has 4 bridgehead atoms. The van der Waals surface area contributed by atoms with Gasteiger partial charge in [-0.25, -0.2) is 4.68 Å². The molecular formula is C24H35N3O4. The van der Waals surface area contributed by atoms with Crippen LogP contribution in [0, 0.1) is 35.0 Å². The first kappa shape index (κ1) is 21.9. The highest BCUT2D eigenvalue weighted by Crippen LogP contribution is 2.53. The molecular weight excluding hydrogens is 394 g/mol. The van der Waals surface area contributed by atoms with Crippen molar-refractivity contribution in [3.05, 3.63) is 17.8 Å². The summed E-state index contributed by atoms with van der Waals surface area (Å²) in [7, 11) is 0. The number of nitrogens with zero attached hydrogens (tertiary/aromatic N) is 2. The van der Waals surface area contributed by atoms with Crippen molar-refractivity contribution in [1.82, 2.24) is 15.1 Å². The summed E-state index contributed by atoms with van der Waals surface area (Å²) in [4.78, 5) is 24.7.